The molecular formula is C50H28S6. The number of thiophene rings is 4. The van der Waals surface area contributed by atoms with Crippen LogP contribution in [0.15, 0.2) is 189 Å². The van der Waals surface area contributed by atoms with Crippen molar-refractivity contribution in [2.45, 2.75) is 30.4 Å². The van der Waals surface area contributed by atoms with Crippen molar-refractivity contribution in [3.63, 3.8) is 0 Å². The third-order valence-electron chi connectivity index (χ3n) is 11.9. The monoisotopic (exact) mass is 820 g/mol. The summed E-state index contributed by atoms with van der Waals surface area (Å²) in [5, 5.41) is 2.62. The predicted molar refractivity (Wildman–Crippen MR) is 242 cm³/mol. The number of hydrogen-bond acceptors (Lipinski definition) is 6. The highest BCUT2D eigenvalue weighted by Gasteiger charge is 2.60. The van der Waals surface area contributed by atoms with E-state index in [0.29, 0.717) is 0 Å². The molecule has 4 aromatic heterocycles. The molecule has 0 saturated carbocycles. The molecule has 2 spiro atoms. The molecule has 0 fully saturated rings. The zero-order valence-corrected chi connectivity index (χ0v) is 34.5. The first kappa shape index (κ1) is 32.4. The average molecular weight is 821 g/mol. The molecule has 0 radical (unpaired) electrons. The molecule has 6 heteroatoms. The van der Waals surface area contributed by atoms with E-state index in [2.05, 4.69) is 170 Å². The van der Waals surface area contributed by atoms with Crippen molar-refractivity contribution in [3.05, 3.63) is 213 Å². The Kier molecular flexibility index (Phi) is 6.91. The lowest BCUT2D eigenvalue weighted by Crippen LogP contribution is -2.45. The van der Waals surface area contributed by atoms with Crippen molar-refractivity contribution in [2.24, 2.45) is 0 Å². The van der Waals surface area contributed by atoms with Crippen LogP contribution in [0, 0.1) is 0 Å². The maximum Gasteiger partial charge on any atom is 0.0831 e. The summed E-state index contributed by atoms with van der Waals surface area (Å²) in [6.07, 6.45) is 0. The summed E-state index contributed by atoms with van der Waals surface area (Å²) in [6.45, 7) is 0. The molecule has 6 aromatic carbocycles. The molecule has 2 aliphatic heterocycles. The fourth-order valence-corrected chi connectivity index (χ4v) is 17.2. The quantitative estimate of drug-likeness (QED) is 0.170. The van der Waals surface area contributed by atoms with Crippen molar-refractivity contribution >= 4 is 89.0 Å². The second-order valence-corrected chi connectivity index (χ2v) is 21.1. The van der Waals surface area contributed by atoms with Gasteiger partial charge in [0.1, 0.15) is 0 Å². The lowest BCUT2D eigenvalue weighted by atomic mass is 9.55. The van der Waals surface area contributed by atoms with Crippen LogP contribution in [0.1, 0.15) is 43.1 Å². The number of hydrogen-bond donors (Lipinski definition) is 0. The summed E-state index contributed by atoms with van der Waals surface area (Å²) < 4.78 is 2.67. The summed E-state index contributed by atoms with van der Waals surface area (Å²) >= 11 is 11.7. The van der Waals surface area contributed by atoms with Gasteiger partial charge in [0, 0.05) is 58.2 Å². The Morgan fingerprint density at radius 3 is 0.982 bits per heavy atom. The van der Waals surface area contributed by atoms with Gasteiger partial charge in [-0.25, -0.2) is 0 Å². The third kappa shape index (κ3) is 4.22. The lowest BCUT2D eigenvalue weighted by molar-refractivity contribution is 0.609. The van der Waals surface area contributed by atoms with Gasteiger partial charge in [-0.05, 0) is 105 Å². The summed E-state index contributed by atoms with van der Waals surface area (Å²) in [7, 11) is 0. The van der Waals surface area contributed by atoms with Gasteiger partial charge < -0.3 is 0 Å². The molecule has 0 unspecified atom stereocenters. The first-order valence-corrected chi connectivity index (χ1v) is 23.6. The summed E-state index contributed by atoms with van der Waals surface area (Å²) in [4.78, 5) is 13.6. The fourth-order valence-electron chi connectivity index (χ4n) is 9.65. The van der Waals surface area contributed by atoms with Gasteiger partial charge in [-0.3, -0.25) is 0 Å². The molecule has 1 aliphatic carbocycles. The second kappa shape index (κ2) is 11.9. The van der Waals surface area contributed by atoms with Crippen molar-refractivity contribution in [1.82, 2.24) is 0 Å². The van der Waals surface area contributed by atoms with Crippen LogP contribution in [0.25, 0.3) is 39.7 Å². The molecule has 0 amide bonds. The van der Waals surface area contributed by atoms with Crippen molar-refractivity contribution in [1.29, 1.82) is 0 Å². The Morgan fingerprint density at radius 1 is 0.286 bits per heavy atom. The molecule has 10 aromatic rings. The normalized spacial score (nSPS) is 15.3. The van der Waals surface area contributed by atoms with E-state index >= 15 is 0 Å². The molecule has 0 bridgehead atoms. The van der Waals surface area contributed by atoms with Crippen LogP contribution in [-0.2, 0) is 10.8 Å². The Hall–Kier alpha value is -4.66. The highest BCUT2D eigenvalue weighted by molar-refractivity contribution is 7.99. The zero-order valence-electron chi connectivity index (χ0n) is 29.6. The first-order chi connectivity index (χ1) is 27.7. The zero-order chi connectivity index (χ0) is 36.6. The fraction of sp³-hybridized carbons (Fsp3) is 0.0400. The molecule has 3 aliphatic rings. The van der Waals surface area contributed by atoms with E-state index in [-0.39, 0.29) is 0 Å². The Balaban J connectivity index is 1.24. The van der Waals surface area contributed by atoms with E-state index in [0.717, 1.165) is 0 Å². The molecule has 6 heterocycles. The Morgan fingerprint density at radius 2 is 0.607 bits per heavy atom. The van der Waals surface area contributed by atoms with Gasteiger partial charge in [-0.2, -0.15) is 0 Å². The number of fused-ring (bicyclic) bond motifs is 16. The summed E-state index contributed by atoms with van der Waals surface area (Å²) in [5.41, 5.74) is 7.38. The maximum absolute atomic E-state index is 2.62. The minimum Gasteiger partial charge on any atom is -0.137 e. The maximum atomic E-state index is 2.62. The minimum absolute atomic E-state index is 0.506. The van der Waals surface area contributed by atoms with E-state index in [1.807, 2.05) is 68.9 Å². The molecule has 0 atom stereocenters. The van der Waals surface area contributed by atoms with Gasteiger partial charge in [-0.15, -0.1) is 45.3 Å². The summed E-state index contributed by atoms with van der Waals surface area (Å²) in [5.74, 6) is 0. The van der Waals surface area contributed by atoms with E-state index in [4.69, 9.17) is 0 Å². The summed E-state index contributed by atoms with van der Waals surface area (Å²) in [6, 6.07) is 64.8. The van der Waals surface area contributed by atoms with E-state index in [9.17, 15) is 0 Å². The number of rotatable bonds is 2. The van der Waals surface area contributed by atoms with Crippen LogP contribution in [0.2, 0.25) is 0 Å². The minimum atomic E-state index is -0.506. The van der Waals surface area contributed by atoms with Crippen LogP contribution in [-0.4, -0.2) is 0 Å². The largest absolute Gasteiger partial charge is 0.137 e. The smallest absolute Gasteiger partial charge is 0.0831 e. The first-order valence-electron chi connectivity index (χ1n) is 18.7. The van der Waals surface area contributed by atoms with Crippen LogP contribution in [0.5, 0.6) is 0 Å². The van der Waals surface area contributed by atoms with Crippen LogP contribution < -0.4 is 0 Å². The Bertz CT molecular complexity index is 2820. The highest BCUT2D eigenvalue weighted by atomic mass is 32.2. The standard InChI is InChI=1S/C50H28S6/c1-7-19-37-29(13-1)25-43(51-37)45-27-35-47(55-45)50(33-17-5-11-23-41(33)54-42-24-12-6-18-34(42)50)36-28-46(44-26-30-14-2-8-20-38(30)52-44)56-48(36)49(35)31-15-3-9-21-39(31)53-40-22-10-4-16-32(40)49/h1-28H. The van der Waals surface area contributed by atoms with Crippen LogP contribution >= 0.6 is 68.9 Å². The Labute approximate surface area is 349 Å². The average Bonchev–Trinajstić information content (AvgIpc) is 4.07. The van der Waals surface area contributed by atoms with Gasteiger partial charge in [0.25, 0.3) is 0 Å². The second-order valence-electron chi connectivity index (χ2n) is 14.7. The van der Waals surface area contributed by atoms with Crippen molar-refractivity contribution in [2.75, 3.05) is 0 Å². The van der Waals surface area contributed by atoms with Gasteiger partial charge >= 0.3 is 0 Å². The highest BCUT2D eigenvalue weighted by Crippen LogP contribution is 2.70. The van der Waals surface area contributed by atoms with Crippen LogP contribution in [0.3, 0.4) is 0 Å². The topological polar surface area (TPSA) is 0 Å². The third-order valence-corrected chi connectivity index (χ3v) is 19.3. The van der Waals surface area contributed by atoms with Crippen molar-refractivity contribution in [3.8, 4) is 19.5 Å². The predicted octanol–water partition coefficient (Wildman–Crippen LogP) is 15.6. The SMILES string of the molecule is c1ccc2c(c1)Sc1ccccc1C21c2cc(-c3cc4ccccc4s3)sc2C2(c3ccccc3Sc3ccccc32)c2cc(-c3cc4ccccc4s3)sc21. The van der Waals surface area contributed by atoms with Gasteiger partial charge in [-0.1, -0.05) is 133 Å². The molecule has 264 valence electrons. The van der Waals surface area contributed by atoms with Gasteiger partial charge in [0.15, 0.2) is 0 Å². The molecule has 0 saturated heterocycles. The molecule has 56 heavy (non-hydrogen) atoms. The molecule has 0 N–H and O–H groups in total. The van der Waals surface area contributed by atoms with Gasteiger partial charge in [0.2, 0.25) is 0 Å². The molecule has 0 nitrogen and oxygen atoms in total. The van der Waals surface area contributed by atoms with E-state index < -0.39 is 10.8 Å². The molecule has 13 rings (SSSR count). The molecular weight excluding hydrogens is 793 g/mol. The van der Waals surface area contributed by atoms with Crippen LogP contribution in [0.4, 0.5) is 0 Å². The van der Waals surface area contributed by atoms with E-state index in [1.165, 1.54) is 102 Å². The number of benzene rings is 6. The lowest BCUT2D eigenvalue weighted by Gasteiger charge is -2.51. The van der Waals surface area contributed by atoms with Gasteiger partial charge in [0.05, 0.1) is 10.8 Å². The van der Waals surface area contributed by atoms with Crippen molar-refractivity contribution < 1.29 is 0 Å². The van der Waals surface area contributed by atoms with E-state index in [1.54, 1.807) is 0 Å².